The number of nitrogens with one attached hydrogen (secondary N) is 1. The highest BCUT2D eigenvalue weighted by Gasteiger charge is 2.18. The van der Waals surface area contributed by atoms with Gasteiger partial charge in [-0.05, 0) is 30.7 Å². The van der Waals surface area contributed by atoms with Crippen LogP contribution in [0.5, 0.6) is 0 Å². The summed E-state index contributed by atoms with van der Waals surface area (Å²) >= 11 is 1.31. The molecule has 1 aromatic carbocycles. The fourth-order valence-electron chi connectivity index (χ4n) is 3.03. The number of hydrogen-bond acceptors (Lipinski definition) is 5. The van der Waals surface area contributed by atoms with E-state index in [0.717, 1.165) is 42.4 Å². The molecule has 0 bridgehead atoms. The Kier molecular flexibility index (Phi) is 7.36. The van der Waals surface area contributed by atoms with Crippen molar-refractivity contribution in [3.63, 3.8) is 0 Å². The monoisotopic (exact) mass is 414 g/mol. The molecule has 0 radical (unpaired) electrons. The average molecular weight is 415 g/mol. The lowest BCUT2D eigenvalue weighted by Crippen LogP contribution is -2.35. The zero-order valence-corrected chi connectivity index (χ0v) is 18.5. The van der Waals surface area contributed by atoms with E-state index in [4.69, 9.17) is 4.42 Å². The zero-order valence-electron chi connectivity index (χ0n) is 17.6. The summed E-state index contributed by atoms with van der Waals surface area (Å²) in [5.74, 6) is 2.06. The third-order valence-corrected chi connectivity index (χ3v) is 5.65. The maximum Gasteiger partial charge on any atom is 0.277 e. The van der Waals surface area contributed by atoms with Crippen LogP contribution in [0.25, 0.3) is 22.4 Å². The summed E-state index contributed by atoms with van der Waals surface area (Å²) < 4.78 is 5.81. The number of carbonyl (C=O) groups excluding carboxylic acids is 1. The van der Waals surface area contributed by atoms with Crippen LogP contribution in [0.3, 0.4) is 0 Å². The molecule has 0 unspecified atom stereocenters. The predicted molar refractivity (Wildman–Crippen MR) is 118 cm³/mol. The number of aromatic nitrogens is 3. The molecule has 0 fully saturated rings. The van der Waals surface area contributed by atoms with Crippen molar-refractivity contribution in [1.82, 2.24) is 20.1 Å². The molecular weight excluding hydrogens is 384 g/mol. The number of thioether (sulfide) groups is 1. The Balaban J connectivity index is 1.61. The minimum atomic E-state index is 0.128. The molecular formula is C22H30N4O2S. The summed E-state index contributed by atoms with van der Waals surface area (Å²) in [6, 6.07) is 7.98. The molecule has 2 aromatic heterocycles. The Morgan fingerprint density at radius 1 is 1.10 bits per heavy atom. The van der Waals surface area contributed by atoms with Gasteiger partial charge in [0.15, 0.2) is 0 Å². The molecule has 0 saturated carbocycles. The largest absolute Gasteiger partial charge is 0.411 e. The van der Waals surface area contributed by atoms with Crippen molar-refractivity contribution >= 4 is 28.6 Å². The summed E-state index contributed by atoms with van der Waals surface area (Å²) in [4.78, 5) is 18.0. The zero-order chi connectivity index (χ0) is 20.8. The molecule has 0 aliphatic heterocycles. The van der Waals surface area contributed by atoms with E-state index < -0.39 is 0 Å². The Labute approximate surface area is 176 Å². The van der Waals surface area contributed by atoms with Gasteiger partial charge >= 0.3 is 0 Å². The lowest BCUT2D eigenvalue weighted by Gasteiger charge is -2.24. The number of hydrogen-bond donors (Lipinski definition) is 1. The van der Waals surface area contributed by atoms with Gasteiger partial charge in [-0.15, -0.1) is 10.2 Å². The molecule has 29 heavy (non-hydrogen) atoms. The molecule has 0 saturated heterocycles. The van der Waals surface area contributed by atoms with Crippen LogP contribution in [0.4, 0.5) is 0 Å². The fourth-order valence-corrected chi connectivity index (χ4v) is 3.70. The Hall–Kier alpha value is -2.28. The van der Waals surface area contributed by atoms with Crippen molar-refractivity contribution in [1.29, 1.82) is 0 Å². The molecule has 2 heterocycles. The van der Waals surface area contributed by atoms with Gasteiger partial charge in [0.05, 0.1) is 11.3 Å². The molecule has 3 aromatic rings. The highest BCUT2D eigenvalue weighted by atomic mass is 32.2. The fraction of sp³-hybridized carbons (Fsp3) is 0.500. The topological polar surface area (TPSA) is 75.0 Å². The van der Waals surface area contributed by atoms with Gasteiger partial charge in [0.2, 0.25) is 5.91 Å². The maximum atomic E-state index is 12.8. The van der Waals surface area contributed by atoms with E-state index in [1.54, 1.807) is 0 Å². The van der Waals surface area contributed by atoms with E-state index in [-0.39, 0.29) is 5.91 Å². The standard InChI is InChI=1S/C22H30N4O2S/c1-15(2)9-11-26(12-10-16(3)4)20(27)14-29-22-25-24-21(28-22)18-13-23-19-8-6-5-7-17(18)19/h5-8,13,15-16,23H,9-12,14H2,1-4H3. The summed E-state index contributed by atoms with van der Waals surface area (Å²) in [6.45, 7) is 10.3. The van der Waals surface area contributed by atoms with Crippen molar-refractivity contribution in [2.45, 2.75) is 45.8 Å². The minimum absolute atomic E-state index is 0.128. The van der Waals surface area contributed by atoms with Crippen LogP contribution < -0.4 is 0 Å². The summed E-state index contributed by atoms with van der Waals surface area (Å²) in [7, 11) is 0. The van der Waals surface area contributed by atoms with Gasteiger partial charge in [0.25, 0.3) is 11.1 Å². The molecule has 3 rings (SSSR count). The van der Waals surface area contributed by atoms with Crippen LogP contribution in [0.15, 0.2) is 40.1 Å². The molecule has 0 aliphatic rings. The van der Waals surface area contributed by atoms with E-state index in [1.807, 2.05) is 35.4 Å². The van der Waals surface area contributed by atoms with Gasteiger partial charge < -0.3 is 14.3 Å². The molecule has 1 amide bonds. The first-order valence-electron chi connectivity index (χ1n) is 10.2. The third kappa shape index (κ3) is 5.85. The Bertz CT molecular complexity index is 920. The number of amides is 1. The number of nitrogens with zero attached hydrogens (tertiary/aromatic N) is 3. The van der Waals surface area contributed by atoms with Crippen LogP contribution >= 0.6 is 11.8 Å². The maximum absolute atomic E-state index is 12.8. The summed E-state index contributed by atoms with van der Waals surface area (Å²) in [5.41, 5.74) is 1.90. The van der Waals surface area contributed by atoms with Gasteiger partial charge in [0.1, 0.15) is 0 Å². The molecule has 7 heteroatoms. The number of carbonyl (C=O) groups is 1. The van der Waals surface area contributed by atoms with Crippen LogP contribution in [0.1, 0.15) is 40.5 Å². The third-order valence-electron chi connectivity index (χ3n) is 4.85. The number of fused-ring (bicyclic) bond motifs is 1. The Morgan fingerprint density at radius 3 is 2.48 bits per heavy atom. The van der Waals surface area contributed by atoms with E-state index >= 15 is 0 Å². The highest BCUT2D eigenvalue weighted by Crippen LogP contribution is 2.29. The molecule has 0 spiro atoms. The van der Waals surface area contributed by atoms with Crippen LogP contribution in [0, 0.1) is 11.8 Å². The van der Waals surface area contributed by atoms with E-state index in [2.05, 4.69) is 42.9 Å². The summed E-state index contributed by atoms with van der Waals surface area (Å²) in [6.07, 6.45) is 3.90. The van der Waals surface area contributed by atoms with E-state index in [0.29, 0.717) is 28.7 Å². The van der Waals surface area contributed by atoms with Crippen molar-refractivity contribution in [3.05, 3.63) is 30.5 Å². The quantitative estimate of drug-likeness (QED) is 0.460. The average Bonchev–Trinajstić information content (AvgIpc) is 3.32. The smallest absolute Gasteiger partial charge is 0.277 e. The second kappa shape index (κ2) is 9.96. The molecule has 6 nitrogen and oxygen atoms in total. The first kappa shape index (κ1) is 21.4. The molecule has 1 N–H and O–H groups in total. The molecule has 156 valence electrons. The minimum Gasteiger partial charge on any atom is -0.411 e. The van der Waals surface area contributed by atoms with E-state index in [9.17, 15) is 4.79 Å². The van der Waals surface area contributed by atoms with Gasteiger partial charge in [-0.2, -0.15) is 0 Å². The normalized spacial score (nSPS) is 11.7. The van der Waals surface area contributed by atoms with Crippen LogP contribution in [0.2, 0.25) is 0 Å². The first-order chi connectivity index (χ1) is 13.9. The SMILES string of the molecule is CC(C)CCN(CCC(C)C)C(=O)CSc1nnc(-c2c[nH]c3ccccc23)o1. The van der Waals surface area contributed by atoms with E-state index in [1.165, 1.54) is 11.8 Å². The lowest BCUT2D eigenvalue weighted by atomic mass is 10.1. The second-order valence-electron chi connectivity index (χ2n) is 8.16. The van der Waals surface area contributed by atoms with Crippen LogP contribution in [-0.4, -0.2) is 44.8 Å². The number of para-hydroxylation sites is 1. The number of aromatic amines is 1. The van der Waals surface area contributed by atoms with Crippen molar-refractivity contribution < 1.29 is 9.21 Å². The number of H-pyrrole nitrogens is 1. The van der Waals surface area contributed by atoms with Crippen molar-refractivity contribution in [3.8, 4) is 11.5 Å². The predicted octanol–water partition coefficient (Wildman–Crippen LogP) is 5.23. The van der Waals surface area contributed by atoms with Crippen LogP contribution in [-0.2, 0) is 4.79 Å². The Morgan fingerprint density at radius 2 is 1.79 bits per heavy atom. The number of benzene rings is 1. The van der Waals surface area contributed by atoms with Gasteiger partial charge in [-0.25, -0.2) is 0 Å². The second-order valence-corrected chi connectivity index (χ2v) is 9.08. The van der Waals surface area contributed by atoms with Gasteiger partial charge in [0, 0.05) is 30.2 Å². The van der Waals surface area contributed by atoms with Crippen molar-refractivity contribution in [2.75, 3.05) is 18.8 Å². The molecule has 0 aliphatic carbocycles. The summed E-state index contributed by atoms with van der Waals surface area (Å²) in [5, 5.41) is 9.75. The highest BCUT2D eigenvalue weighted by molar-refractivity contribution is 7.99. The lowest BCUT2D eigenvalue weighted by molar-refractivity contribution is -0.128. The molecule has 0 atom stereocenters. The van der Waals surface area contributed by atoms with Gasteiger partial charge in [-0.1, -0.05) is 57.7 Å². The first-order valence-corrected chi connectivity index (χ1v) is 11.2. The van der Waals surface area contributed by atoms with Gasteiger partial charge in [-0.3, -0.25) is 4.79 Å². The van der Waals surface area contributed by atoms with Crippen molar-refractivity contribution in [2.24, 2.45) is 11.8 Å². The number of rotatable bonds is 10.